The van der Waals surface area contributed by atoms with Gasteiger partial charge >= 0.3 is 0 Å². The smallest absolute Gasteiger partial charge is 0.227 e. The molecule has 0 saturated heterocycles. The van der Waals surface area contributed by atoms with Gasteiger partial charge in [-0.1, -0.05) is 19.9 Å². The highest BCUT2D eigenvalue weighted by atomic mass is 16.2. The summed E-state index contributed by atoms with van der Waals surface area (Å²) < 4.78 is 0. The van der Waals surface area contributed by atoms with Crippen molar-refractivity contribution in [3.8, 4) is 0 Å². The summed E-state index contributed by atoms with van der Waals surface area (Å²) in [4.78, 5) is 11.6. The normalized spacial score (nSPS) is 14.8. The molecule has 0 unspecified atom stereocenters. The number of hydrogen-bond acceptors (Lipinski definition) is 2. The Bertz CT molecular complexity index is 397. The molecule has 1 amide bonds. The molecular formula is C14H20N2O. The Morgan fingerprint density at radius 3 is 2.71 bits per heavy atom. The van der Waals surface area contributed by atoms with Crippen molar-refractivity contribution in [2.45, 2.75) is 26.7 Å². The SMILES string of the molecule is CC(C)CNc1cccc(NC(=O)C2CC2)c1. The van der Waals surface area contributed by atoms with Crippen molar-refractivity contribution >= 4 is 17.3 Å². The van der Waals surface area contributed by atoms with Gasteiger partial charge < -0.3 is 10.6 Å². The van der Waals surface area contributed by atoms with Crippen LogP contribution in [0.15, 0.2) is 24.3 Å². The number of hydrogen-bond donors (Lipinski definition) is 2. The van der Waals surface area contributed by atoms with Gasteiger partial charge in [-0.3, -0.25) is 4.79 Å². The molecule has 0 heterocycles. The van der Waals surface area contributed by atoms with Crippen LogP contribution in [-0.2, 0) is 4.79 Å². The molecule has 1 aliphatic rings. The van der Waals surface area contributed by atoms with Crippen molar-refractivity contribution in [2.75, 3.05) is 17.2 Å². The van der Waals surface area contributed by atoms with Gasteiger partial charge in [0, 0.05) is 23.8 Å². The number of anilines is 2. The van der Waals surface area contributed by atoms with E-state index in [0.29, 0.717) is 5.92 Å². The highest BCUT2D eigenvalue weighted by molar-refractivity contribution is 5.94. The van der Waals surface area contributed by atoms with Gasteiger partial charge in [0.25, 0.3) is 0 Å². The van der Waals surface area contributed by atoms with E-state index in [4.69, 9.17) is 0 Å². The first-order valence-electron chi connectivity index (χ1n) is 6.30. The van der Waals surface area contributed by atoms with E-state index in [1.165, 1.54) is 0 Å². The molecule has 1 aromatic rings. The Morgan fingerprint density at radius 2 is 2.06 bits per heavy atom. The molecule has 3 heteroatoms. The maximum Gasteiger partial charge on any atom is 0.227 e. The summed E-state index contributed by atoms with van der Waals surface area (Å²) in [5.41, 5.74) is 1.95. The van der Waals surface area contributed by atoms with Gasteiger partial charge in [-0.25, -0.2) is 0 Å². The van der Waals surface area contributed by atoms with Crippen LogP contribution < -0.4 is 10.6 Å². The third-order valence-electron chi connectivity index (χ3n) is 2.79. The number of nitrogens with one attached hydrogen (secondary N) is 2. The molecule has 92 valence electrons. The van der Waals surface area contributed by atoms with Crippen molar-refractivity contribution in [3.63, 3.8) is 0 Å². The predicted octanol–water partition coefficient (Wildman–Crippen LogP) is 3.10. The monoisotopic (exact) mass is 232 g/mol. The van der Waals surface area contributed by atoms with Crippen molar-refractivity contribution in [1.82, 2.24) is 0 Å². The molecule has 0 atom stereocenters. The van der Waals surface area contributed by atoms with Crippen molar-refractivity contribution in [1.29, 1.82) is 0 Å². The highest BCUT2D eigenvalue weighted by Gasteiger charge is 2.29. The maximum atomic E-state index is 11.6. The number of benzene rings is 1. The first kappa shape index (κ1) is 12.0. The number of amides is 1. The summed E-state index contributed by atoms with van der Waals surface area (Å²) in [5, 5.41) is 6.30. The average molecular weight is 232 g/mol. The van der Waals surface area contributed by atoms with Crippen LogP contribution in [0.2, 0.25) is 0 Å². The average Bonchev–Trinajstić information content (AvgIpc) is 3.10. The van der Waals surface area contributed by atoms with Crippen LogP contribution in [0.1, 0.15) is 26.7 Å². The lowest BCUT2D eigenvalue weighted by Crippen LogP contribution is -2.13. The fourth-order valence-corrected chi connectivity index (χ4v) is 1.62. The minimum Gasteiger partial charge on any atom is -0.385 e. The number of carbonyl (C=O) groups excluding carboxylic acids is 1. The summed E-state index contributed by atoms with van der Waals surface area (Å²) in [6.07, 6.45) is 2.08. The van der Waals surface area contributed by atoms with Gasteiger partial charge in [0.15, 0.2) is 0 Å². The fraction of sp³-hybridized carbons (Fsp3) is 0.500. The van der Waals surface area contributed by atoms with Gasteiger partial charge in [0.1, 0.15) is 0 Å². The quantitative estimate of drug-likeness (QED) is 0.819. The van der Waals surface area contributed by atoms with E-state index in [1.54, 1.807) is 0 Å². The van der Waals surface area contributed by atoms with E-state index in [1.807, 2.05) is 24.3 Å². The van der Waals surface area contributed by atoms with Gasteiger partial charge in [-0.2, -0.15) is 0 Å². The molecule has 0 radical (unpaired) electrons. The van der Waals surface area contributed by atoms with Crippen LogP contribution in [0, 0.1) is 11.8 Å². The topological polar surface area (TPSA) is 41.1 Å². The van der Waals surface area contributed by atoms with Gasteiger partial charge in [0.05, 0.1) is 0 Å². The maximum absolute atomic E-state index is 11.6. The van der Waals surface area contributed by atoms with Crippen LogP contribution in [-0.4, -0.2) is 12.5 Å². The molecule has 1 saturated carbocycles. The minimum atomic E-state index is 0.158. The number of carbonyl (C=O) groups is 1. The molecule has 0 spiro atoms. The van der Waals surface area contributed by atoms with E-state index in [2.05, 4.69) is 24.5 Å². The van der Waals surface area contributed by atoms with Crippen LogP contribution in [0.25, 0.3) is 0 Å². The second-order valence-corrected chi connectivity index (χ2v) is 5.12. The molecular weight excluding hydrogens is 212 g/mol. The molecule has 1 aromatic carbocycles. The Labute approximate surface area is 103 Å². The van der Waals surface area contributed by atoms with E-state index < -0.39 is 0 Å². The Kier molecular flexibility index (Phi) is 3.67. The van der Waals surface area contributed by atoms with Crippen molar-refractivity contribution < 1.29 is 4.79 Å². The molecule has 3 nitrogen and oxygen atoms in total. The fourth-order valence-electron chi connectivity index (χ4n) is 1.62. The summed E-state index contributed by atoms with van der Waals surface area (Å²) in [6, 6.07) is 7.91. The number of rotatable bonds is 5. The van der Waals surface area contributed by atoms with Crippen LogP contribution in [0.4, 0.5) is 11.4 Å². The molecule has 1 aliphatic carbocycles. The van der Waals surface area contributed by atoms with E-state index in [0.717, 1.165) is 30.8 Å². The zero-order valence-electron chi connectivity index (χ0n) is 10.5. The molecule has 0 aromatic heterocycles. The largest absolute Gasteiger partial charge is 0.385 e. The van der Waals surface area contributed by atoms with Crippen molar-refractivity contribution in [3.05, 3.63) is 24.3 Å². The lowest BCUT2D eigenvalue weighted by molar-refractivity contribution is -0.117. The molecule has 2 N–H and O–H groups in total. The standard InChI is InChI=1S/C14H20N2O/c1-10(2)9-15-12-4-3-5-13(8-12)16-14(17)11-6-7-11/h3-5,8,10-11,15H,6-7,9H2,1-2H3,(H,16,17). The molecule has 0 aliphatic heterocycles. The first-order valence-corrected chi connectivity index (χ1v) is 6.30. The summed E-state index contributed by atoms with van der Waals surface area (Å²) in [7, 11) is 0. The van der Waals surface area contributed by atoms with Gasteiger partial charge in [-0.05, 0) is 37.0 Å². The van der Waals surface area contributed by atoms with E-state index >= 15 is 0 Å². The summed E-state index contributed by atoms with van der Waals surface area (Å²) in [5.74, 6) is 1.02. The van der Waals surface area contributed by atoms with Crippen molar-refractivity contribution in [2.24, 2.45) is 11.8 Å². The van der Waals surface area contributed by atoms with Crippen LogP contribution in [0.5, 0.6) is 0 Å². The molecule has 17 heavy (non-hydrogen) atoms. The lowest BCUT2D eigenvalue weighted by Gasteiger charge is -2.11. The molecule has 0 bridgehead atoms. The second-order valence-electron chi connectivity index (χ2n) is 5.12. The Morgan fingerprint density at radius 1 is 1.35 bits per heavy atom. The lowest BCUT2D eigenvalue weighted by atomic mass is 10.2. The van der Waals surface area contributed by atoms with E-state index in [9.17, 15) is 4.79 Å². The molecule has 1 fully saturated rings. The van der Waals surface area contributed by atoms with Gasteiger partial charge in [-0.15, -0.1) is 0 Å². The third-order valence-corrected chi connectivity index (χ3v) is 2.79. The summed E-state index contributed by atoms with van der Waals surface area (Å²) in [6.45, 7) is 5.29. The summed E-state index contributed by atoms with van der Waals surface area (Å²) >= 11 is 0. The van der Waals surface area contributed by atoms with Gasteiger partial charge in [0.2, 0.25) is 5.91 Å². The Hall–Kier alpha value is -1.51. The van der Waals surface area contributed by atoms with Crippen LogP contribution >= 0.6 is 0 Å². The zero-order chi connectivity index (χ0) is 12.3. The Balaban J connectivity index is 1.93. The molecule has 2 rings (SSSR count). The first-order chi connectivity index (χ1) is 8.15. The van der Waals surface area contributed by atoms with Crippen LogP contribution in [0.3, 0.4) is 0 Å². The predicted molar refractivity (Wildman–Crippen MR) is 71.1 cm³/mol. The van der Waals surface area contributed by atoms with E-state index in [-0.39, 0.29) is 11.8 Å². The third kappa shape index (κ3) is 3.77. The minimum absolute atomic E-state index is 0.158. The highest BCUT2D eigenvalue weighted by Crippen LogP contribution is 2.30. The second kappa shape index (κ2) is 5.21. The zero-order valence-corrected chi connectivity index (χ0v) is 10.5.